The molecule has 23 heteroatoms. The zero-order chi connectivity index (χ0) is 50.1. The van der Waals surface area contributed by atoms with Crippen LogP contribution >= 0.6 is 0 Å². The molecule has 0 saturated carbocycles. The summed E-state index contributed by atoms with van der Waals surface area (Å²) in [6, 6.07) is 18.8. The SMILES string of the molecule is CC(=O)OC[C@H]1O[C@H](Oc2ccc(COC(=O)Oc3c(F)c(F)c(F)c(F)c3F)cc2NC(=O)CCNC(=O)OCC2c3ccccc3-c3ccccc32)[C@@H](OC(C)=O)[C@@H](OC(C)=O)[C@@H]1OC(C)=O. The molecule has 0 bridgehead atoms. The Morgan fingerprint density at radius 1 is 0.623 bits per heavy atom. The number of anilines is 1. The van der Waals surface area contributed by atoms with Crippen LogP contribution in [0.3, 0.4) is 0 Å². The Morgan fingerprint density at radius 3 is 1.78 bits per heavy atom. The van der Waals surface area contributed by atoms with Crippen molar-refractivity contribution in [3.05, 3.63) is 113 Å². The molecular weight excluding hydrogens is 931 g/mol. The lowest BCUT2D eigenvalue weighted by Crippen LogP contribution is -2.63. The van der Waals surface area contributed by atoms with Crippen molar-refractivity contribution >= 4 is 47.7 Å². The minimum Gasteiger partial charge on any atom is -0.463 e. The van der Waals surface area contributed by atoms with Gasteiger partial charge in [-0.05, 0) is 39.9 Å². The van der Waals surface area contributed by atoms with Crippen LogP contribution < -0.4 is 20.1 Å². The Kier molecular flexibility index (Phi) is 16.4. The molecule has 1 aliphatic carbocycles. The van der Waals surface area contributed by atoms with E-state index in [4.69, 9.17) is 37.9 Å². The second kappa shape index (κ2) is 22.3. The highest BCUT2D eigenvalue weighted by atomic mass is 19.2. The van der Waals surface area contributed by atoms with Crippen molar-refractivity contribution in [3.8, 4) is 22.6 Å². The number of hydrogen-bond acceptors (Lipinski definition) is 16. The van der Waals surface area contributed by atoms with Crippen molar-refractivity contribution in [3.63, 3.8) is 0 Å². The Labute approximate surface area is 388 Å². The van der Waals surface area contributed by atoms with Crippen molar-refractivity contribution in [2.45, 2.75) is 77.3 Å². The first kappa shape index (κ1) is 50.6. The molecule has 0 aromatic heterocycles. The summed E-state index contributed by atoms with van der Waals surface area (Å²) < 4.78 is 117. The van der Waals surface area contributed by atoms with Crippen LogP contribution in [0, 0.1) is 29.1 Å². The summed E-state index contributed by atoms with van der Waals surface area (Å²) in [5.41, 5.74) is 3.66. The summed E-state index contributed by atoms with van der Waals surface area (Å²) >= 11 is 0. The average molecular weight is 973 g/mol. The molecule has 0 spiro atoms. The number of alkyl carbamates (subject to hydrolysis) is 1. The van der Waals surface area contributed by atoms with Crippen molar-refractivity contribution in [1.82, 2.24) is 5.32 Å². The fourth-order valence-electron chi connectivity index (χ4n) is 7.35. The first-order chi connectivity index (χ1) is 32.8. The number of rotatable bonds is 16. The first-order valence-corrected chi connectivity index (χ1v) is 20.7. The molecule has 2 amide bonds. The number of ether oxygens (including phenoxy) is 9. The van der Waals surface area contributed by atoms with Gasteiger partial charge >= 0.3 is 36.1 Å². The van der Waals surface area contributed by atoms with Crippen molar-refractivity contribution in [2.24, 2.45) is 0 Å². The Bertz CT molecular complexity index is 2580. The Morgan fingerprint density at radius 2 is 1.19 bits per heavy atom. The van der Waals surface area contributed by atoms with Gasteiger partial charge in [-0.3, -0.25) is 24.0 Å². The minimum atomic E-state index is -2.50. The molecule has 4 aromatic carbocycles. The molecule has 1 aliphatic heterocycles. The van der Waals surface area contributed by atoms with E-state index >= 15 is 0 Å². The topological polar surface area (TPSA) is 227 Å². The van der Waals surface area contributed by atoms with E-state index in [1.807, 2.05) is 48.5 Å². The summed E-state index contributed by atoms with van der Waals surface area (Å²) in [5, 5.41) is 5.02. The molecule has 1 heterocycles. The molecular formula is C46H41F5N2O16. The van der Waals surface area contributed by atoms with Crippen LogP contribution in [-0.2, 0) is 63.7 Å². The van der Waals surface area contributed by atoms with Crippen LogP contribution in [0.15, 0.2) is 66.7 Å². The summed E-state index contributed by atoms with van der Waals surface area (Å²) in [5.74, 6) is -19.1. The third-order valence-corrected chi connectivity index (χ3v) is 10.2. The second-order valence-electron chi connectivity index (χ2n) is 15.1. The largest absolute Gasteiger partial charge is 0.514 e. The van der Waals surface area contributed by atoms with E-state index in [2.05, 4.69) is 15.4 Å². The van der Waals surface area contributed by atoms with Crippen LogP contribution in [0.25, 0.3) is 11.1 Å². The predicted molar refractivity (Wildman–Crippen MR) is 222 cm³/mol. The zero-order valence-corrected chi connectivity index (χ0v) is 36.8. The maximum atomic E-state index is 14.2. The molecule has 2 aliphatic rings. The maximum absolute atomic E-state index is 14.2. The van der Waals surface area contributed by atoms with Gasteiger partial charge in [-0.2, -0.15) is 8.78 Å². The summed E-state index contributed by atoms with van der Waals surface area (Å²) in [6.45, 7) is 2.33. The number of halogens is 5. The number of carbonyl (C=O) groups excluding carboxylic acids is 7. The highest BCUT2D eigenvalue weighted by Gasteiger charge is 2.53. The minimum absolute atomic E-state index is 0.0179. The molecule has 366 valence electrons. The number of carbonyl (C=O) groups is 7. The van der Waals surface area contributed by atoms with Gasteiger partial charge in [-0.25, -0.2) is 22.8 Å². The van der Waals surface area contributed by atoms with Crippen LogP contribution in [0.5, 0.6) is 11.5 Å². The van der Waals surface area contributed by atoms with Crippen molar-refractivity contribution < 1.29 is 98.1 Å². The number of benzene rings is 4. The molecule has 69 heavy (non-hydrogen) atoms. The van der Waals surface area contributed by atoms with E-state index in [0.29, 0.717) is 0 Å². The lowest BCUT2D eigenvalue weighted by Gasteiger charge is -2.44. The molecule has 6 rings (SSSR count). The fourth-order valence-corrected chi connectivity index (χ4v) is 7.35. The predicted octanol–water partition coefficient (Wildman–Crippen LogP) is 6.43. The standard InChI is InChI=1S/C46H41F5N2O16/c1-21(54)61-20-33-40(64-22(2)55)42(65-23(3)56)43(66-24(4)57)44(68-33)67-32-14-13-25(18-63-46(60)69-41-38(50)36(48)35(47)37(49)39(41)51)17-31(32)53-34(58)15-16-52-45(59)62-19-30-28-11-7-5-9-26(28)27-10-6-8-12-29(27)30/h5-14,17,30,33,40,42-44H,15-16,18-20H2,1-4H3,(H,52,59)(H,53,58)/t33-,40-,42+,43+,44+/m1/s1. The number of hydrogen-bond donors (Lipinski definition) is 2. The Balaban J connectivity index is 1.21. The van der Waals surface area contributed by atoms with Crippen LogP contribution in [0.2, 0.25) is 0 Å². The lowest BCUT2D eigenvalue weighted by molar-refractivity contribution is -0.288. The van der Waals surface area contributed by atoms with E-state index < -0.39 is 127 Å². The smallest absolute Gasteiger partial charge is 0.463 e. The zero-order valence-electron chi connectivity index (χ0n) is 36.8. The van der Waals surface area contributed by atoms with E-state index in [1.165, 1.54) is 6.07 Å². The molecule has 1 saturated heterocycles. The Hall–Kier alpha value is -7.82. The molecule has 2 N–H and O–H groups in total. The van der Waals surface area contributed by atoms with E-state index in [0.717, 1.165) is 62.1 Å². The van der Waals surface area contributed by atoms with Gasteiger partial charge in [0.05, 0.1) is 5.69 Å². The highest BCUT2D eigenvalue weighted by Crippen LogP contribution is 2.44. The molecule has 0 unspecified atom stereocenters. The summed E-state index contributed by atoms with van der Waals surface area (Å²) in [4.78, 5) is 87.5. The molecule has 1 fully saturated rings. The lowest BCUT2D eigenvalue weighted by atomic mass is 9.98. The maximum Gasteiger partial charge on any atom is 0.514 e. The quantitative estimate of drug-likeness (QED) is 0.0308. The fraction of sp³-hybridized carbons (Fsp3) is 0.326. The van der Waals surface area contributed by atoms with Gasteiger partial charge in [-0.1, -0.05) is 54.6 Å². The van der Waals surface area contributed by atoms with Gasteiger partial charge in [0.1, 0.15) is 31.7 Å². The van der Waals surface area contributed by atoms with E-state index in [-0.39, 0.29) is 36.1 Å². The van der Waals surface area contributed by atoms with Gasteiger partial charge in [0.15, 0.2) is 12.2 Å². The van der Waals surface area contributed by atoms with Crippen LogP contribution in [0.1, 0.15) is 56.7 Å². The monoisotopic (exact) mass is 972 g/mol. The van der Waals surface area contributed by atoms with Gasteiger partial charge in [-0.15, -0.1) is 0 Å². The summed E-state index contributed by atoms with van der Waals surface area (Å²) in [6.07, 6.45) is -11.4. The van der Waals surface area contributed by atoms with E-state index in [9.17, 15) is 55.5 Å². The highest BCUT2D eigenvalue weighted by molar-refractivity contribution is 5.92. The van der Waals surface area contributed by atoms with Crippen molar-refractivity contribution in [1.29, 1.82) is 0 Å². The molecule has 5 atom stereocenters. The van der Waals surface area contributed by atoms with Crippen LogP contribution in [-0.4, -0.2) is 92.5 Å². The third-order valence-electron chi connectivity index (χ3n) is 10.2. The molecule has 0 radical (unpaired) electrons. The summed E-state index contributed by atoms with van der Waals surface area (Å²) in [7, 11) is 0. The van der Waals surface area contributed by atoms with Crippen molar-refractivity contribution in [2.75, 3.05) is 25.1 Å². The number of esters is 4. The van der Waals surface area contributed by atoms with Gasteiger partial charge in [0.2, 0.25) is 53.1 Å². The van der Waals surface area contributed by atoms with Gasteiger partial charge in [0, 0.05) is 46.6 Å². The third kappa shape index (κ3) is 12.4. The normalized spacial score (nSPS) is 18.1. The average Bonchev–Trinajstić information content (AvgIpc) is 3.62. The number of amides is 2. The number of nitrogens with one attached hydrogen (secondary N) is 2. The molecule has 18 nitrogen and oxygen atoms in total. The second-order valence-corrected chi connectivity index (χ2v) is 15.1. The first-order valence-electron chi connectivity index (χ1n) is 20.7. The van der Waals surface area contributed by atoms with Gasteiger partial charge < -0.3 is 53.3 Å². The van der Waals surface area contributed by atoms with Gasteiger partial charge in [0.25, 0.3) is 0 Å². The van der Waals surface area contributed by atoms with Crippen LogP contribution in [0.4, 0.5) is 37.2 Å². The molecule has 4 aromatic rings. The number of fused-ring (bicyclic) bond motifs is 3. The van der Waals surface area contributed by atoms with E-state index in [1.54, 1.807) is 0 Å².